The topological polar surface area (TPSA) is 41.9 Å². The quantitative estimate of drug-likeness (QED) is 0.408. The smallest absolute Gasteiger partial charge is 0.159 e. The number of phenolic OH excluding ortho intramolecular Hbond substituents is 1. The average molecular weight is 484 g/mol. The molecule has 4 heteroatoms. The van der Waals surface area contributed by atoms with E-state index in [-0.39, 0.29) is 6.29 Å². The molecule has 1 heterocycles. The van der Waals surface area contributed by atoms with E-state index in [4.69, 9.17) is 9.47 Å². The van der Waals surface area contributed by atoms with E-state index in [1.165, 1.54) is 47.2 Å². The molecule has 36 heavy (non-hydrogen) atoms. The fourth-order valence-electron chi connectivity index (χ4n) is 7.39. The van der Waals surface area contributed by atoms with Gasteiger partial charge in [0, 0.05) is 44.8 Å². The fraction of sp³-hybridized carbons (Fsp3) is 0.438. The van der Waals surface area contributed by atoms with Crippen molar-refractivity contribution in [1.29, 1.82) is 0 Å². The number of nitrogens with zero attached hydrogens (tertiary/aromatic N) is 1. The van der Waals surface area contributed by atoms with Crippen LogP contribution in [0, 0.1) is 11.3 Å². The van der Waals surface area contributed by atoms with Gasteiger partial charge in [0.05, 0.1) is 0 Å². The van der Waals surface area contributed by atoms with Crippen LogP contribution in [0.3, 0.4) is 0 Å². The first-order chi connectivity index (χ1) is 17.6. The van der Waals surface area contributed by atoms with Crippen LogP contribution in [0.5, 0.6) is 5.75 Å². The molecule has 188 valence electrons. The van der Waals surface area contributed by atoms with Gasteiger partial charge < -0.3 is 19.5 Å². The van der Waals surface area contributed by atoms with Gasteiger partial charge in [-0.2, -0.15) is 0 Å². The normalized spacial score (nSPS) is 27.3. The molecular weight excluding hydrogens is 446 g/mol. The number of ether oxygens (including phenoxy) is 2. The Morgan fingerprint density at radius 3 is 2.39 bits per heavy atom. The van der Waals surface area contributed by atoms with E-state index in [0.29, 0.717) is 28.9 Å². The van der Waals surface area contributed by atoms with Crippen molar-refractivity contribution in [1.82, 2.24) is 0 Å². The lowest BCUT2D eigenvalue weighted by Gasteiger charge is -2.47. The Bertz CT molecular complexity index is 1180. The van der Waals surface area contributed by atoms with Gasteiger partial charge in [0.2, 0.25) is 0 Å². The van der Waals surface area contributed by atoms with E-state index < -0.39 is 0 Å². The molecule has 1 N–H and O–H groups in total. The lowest BCUT2D eigenvalue weighted by atomic mass is 9.61. The summed E-state index contributed by atoms with van der Waals surface area (Å²) in [5, 5.41) is 10.1. The summed E-state index contributed by atoms with van der Waals surface area (Å²) in [6.07, 6.45) is 5.66. The van der Waals surface area contributed by atoms with Crippen LogP contribution >= 0.6 is 0 Å². The monoisotopic (exact) mass is 483 g/mol. The Morgan fingerprint density at radius 2 is 1.67 bits per heavy atom. The standard InChI is InChI=1S/C32H37NO3/c1-35-31(36-2)25-19-32(20-25)16-17-33(21-32)26-11-8-23(9-12-26)30-28(22-6-4-3-5-7-22)14-10-24-18-27(34)13-15-29(24)30/h3-9,11-13,15,18,25,28,30-31,34H,10,14,16-17,19-21H2,1-2H3/t25?,28-,30+,32?/m1/s1. The summed E-state index contributed by atoms with van der Waals surface area (Å²) in [5.41, 5.74) is 7.14. The first-order valence-corrected chi connectivity index (χ1v) is 13.4. The second-order valence-corrected chi connectivity index (χ2v) is 11.2. The molecule has 0 bridgehead atoms. The maximum absolute atomic E-state index is 10.1. The third kappa shape index (κ3) is 4.21. The number of hydrogen-bond acceptors (Lipinski definition) is 4. The first kappa shape index (κ1) is 23.6. The molecule has 3 aromatic rings. The van der Waals surface area contributed by atoms with Crippen molar-refractivity contribution < 1.29 is 14.6 Å². The summed E-state index contributed by atoms with van der Waals surface area (Å²) in [5.74, 6) is 1.61. The van der Waals surface area contributed by atoms with Gasteiger partial charge in [-0.25, -0.2) is 0 Å². The van der Waals surface area contributed by atoms with Gasteiger partial charge in [-0.1, -0.05) is 48.5 Å². The Labute approximate surface area is 214 Å². The van der Waals surface area contributed by atoms with Gasteiger partial charge in [-0.05, 0) is 90.0 Å². The summed E-state index contributed by atoms with van der Waals surface area (Å²) in [7, 11) is 3.49. The Hall–Kier alpha value is -2.82. The van der Waals surface area contributed by atoms with E-state index in [2.05, 4.69) is 65.6 Å². The zero-order valence-corrected chi connectivity index (χ0v) is 21.4. The highest BCUT2D eigenvalue weighted by molar-refractivity contribution is 5.53. The largest absolute Gasteiger partial charge is 0.508 e. The van der Waals surface area contributed by atoms with Crippen LogP contribution in [0.25, 0.3) is 0 Å². The van der Waals surface area contributed by atoms with Crippen molar-refractivity contribution >= 4 is 5.69 Å². The minimum Gasteiger partial charge on any atom is -0.508 e. The molecule has 0 unspecified atom stereocenters. The van der Waals surface area contributed by atoms with E-state index in [9.17, 15) is 5.11 Å². The molecule has 1 aliphatic heterocycles. The molecule has 0 radical (unpaired) electrons. The summed E-state index contributed by atoms with van der Waals surface area (Å²) >= 11 is 0. The lowest BCUT2D eigenvalue weighted by Crippen LogP contribution is -2.45. The predicted octanol–water partition coefficient (Wildman–Crippen LogP) is 6.48. The van der Waals surface area contributed by atoms with E-state index in [1.807, 2.05) is 12.1 Å². The van der Waals surface area contributed by atoms with E-state index in [0.717, 1.165) is 25.9 Å². The highest BCUT2D eigenvalue weighted by Crippen LogP contribution is 2.54. The third-order valence-corrected chi connectivity index (χ3v) is 9.11. The molecule has 2 fully saturated rings. The molecular formula is C32H37NO3. The minimum atomic E-state index is -0.0678. The molecule has 1 saturated heterocycles. The van der Waals surface area contributed by atoms with Crippen molar-refractivity contribution in [3.63, 3.8) is 0 Å². The van der Waals surface area contributed by atoms with Crippen LogP contribution in [0.15, 0.2) is 72.8 Å². The molecule has 3 aromatic carbocycles. The maximum Gasteiger partial charge on any atom is 0.159 e. The number of anilines is 1. The van der Waals surface area contributed by atoms with Crippen LogP contribution in [-0.4, -0.2) is 38.7 Å². The van der Waals surface area contributed by atoms with Crippen LogP contribution in [0.4, 0.5) is 5.69 Å². The number of hydrogen-bond donors (Lipinski definition) is 1. The van der Waals surface area contributed by atoms with Crippen molar-refractivity contribution in [2.45, 2.75) is 50.2 Å². The summed E-state index contributed by atoms with van der Waals surface area (Å²) in [6, 6.07) is 26.2. The molecule has 0 aromatic heterocycles. The first-order valence-electron chi connectivity index (χ1n) is 13.4. The second kappa shape index (κ2) is 9.57. The van der Waals surface area contributed by atoms with Gasteiger partial charge in [0.15, 0.2) is 6.29 Å². The molecule has 3 aliphatic rings. The number of rotatable bonds is 6. The number of fused-ring (bicyclic) bond motifs is 1. The van der Waals surface area contributed by atoms with Crippen molar-refractivity contribution in [3.8, 4) is 5.75 Å². The molecule has 0 amide bonds. The zero-order valence-electron chi connectivity index (χ0n) is 21.4. The van der Waals surface area contributed by atoms with Gasteiger partial charge in [-0.3, -0.25) is 0 Å². The predicted molar refractivity (Wildman–Crippen MR) is 144 cm³/mol. The molecule has 2 atom stereocenters. The Balaban J connectivity index is 1.23. The molecule has 4 nitrogen and oxygen atoms in total. The fourth-order valence-corrected chi connectivity index (χ4v) is 7.39. The highest BCUT2D eigenvalue weighted by atomic mass is 16.7. The van der Waals surface area contributed by atoms with Crippen LogP contribution < -0.4 is 4.90 Å². The lowest BCUT2D eigenvalue weighted by molar-refractivity contribution is -0.177. The van der Waals surface area contributed by atoms with Crippen molar-refractivity contribution in [2.24, 2.45) is 11.3 Å². The highest BCUT2D eigenvalue weighted by Gasteiger charge is 2.51. The number of benzene rings is 3. The molecule has 6 rings (SSSR count). The summed E-state index contributed by atoms with van der Waals surface area (Å²) in [4.78, 5) is 2.57. The van der Waals surface area contributed by atoms with Gasteiger partial charge in [-0.15, -0.1) is 0 Å². The third-order valence-electron chi connectivity index (χ3n) is 9.11. The SMILES string of the molecule is COC(OC)C1CC2(CCN(c3ccc([C@@H]4c5ccc(O)cc5CC[C@@H]4c4ccccc4)cc3)C2)C1. The van der Waals surface area contributed by atoms with Crippen LogP contribution in [-0.2, 0) is 15.9 Å². The second-order valence-electron chi connectivity index (χ2n) is 11.2. The number of aromatic hydroxyl groups is 1. The van der Waals surface area contributed by atoms with Crippen molar-refractivity contribution in [2.75, 3.05) is 32.2 Å². The van der Waals surface area contributed by atoms with Crippen LogP contribution in [0.1, 0.15) is 59.8 Å². The molecule has 1 saturated carbocycles. The van der Waals surface area contributed by atoms with Crippen molar-refractivity contribution in [3.05, 3.63) is 95.1 Å². The van der Waals surface area contributed by atoms with Gasteiger partial charge in [0.25, 0.3) is 0 Å². The van der Waals surface area contributed by atoms with Gasteiger partial charge in [0.1, 0.15) is 5.75 Å². The molecule has 1 spiro atoms. The Kier molecular flexibility index (Phi) is 6.27. The van der Waals surface area contributed by atoms with E-state index in [1.54, 1.807) is 14.2 Å². The zero-order chi connectivity index (χ0) is 24.7. The van der Waals surface area contributed by atoms with E-state index >= 15 is 0 Å². The molecule has 2 aliphatic carbocycles. The maximum atomic E-state index is 10.1. The Morgan fingerprint density at radius 1 is 0.917 bits per heavy atom. The minimum absolute atomic E-state index is 0.0678. The average Bonchev–Trinajstić information content (AvgIpc) is 3.35. The number of phenols is 1. The summed E-state index contributed by atoms with van der Waals surface area (Å²) in [6.45, 7) is 2.25. The number of aryl methyl sites for hydroxylation is 1. The van der Waals surface area contributed by atoms with Crippen LogP contribution in [0.2, 0.25) is 0 Å². The number of methoxy groups -OCH3 is 2. The van der Waals surface area contributed by atoms with Gasteiger partial charge >= 0.3 is 0 Å². The summed E-state index contributed by atoms with van der Waals surface area (Å²) < 4.78 is 11.0.